The summed E-state index contributed by atoms with van der Waals surface area (Å²) in [5.41, 5.74) is 0. The molecule has 1 aromatic rings. The van der Waals surface area contributed by atoms with E-state index in [1.54, 1.807) is 4.68 Å². The van der Waals surface area contributed by atoms with Crippen LogP contribution in [-0.4, -0.2) is 63.0 Å². The van der Waals surface area contributed by atoms with E-state index in [-0.39, 0.29) is 6.10 Å². The van der Waals surface area contributed by atoms with Gasteiger partial charge in [0.05, 0.1) is 25.4 Å². The van der Waals surface area contributed by atoms with Gasteiger partial charge in [-0.3, -0.25) is 0 Å². The van der Waals surface area contributed by atoms with E-state index in [9.17, 15) is 5.11 Å². The molecule has 0 aliphatic rings. The van der Waals surface area contributed by atoms with E-state index in [0.717, 1.165) is 31.2 Å². The van der Waals surface area contributed by atoms with Gasteiger partial charge in [0, 0.05) is 12.3 Å². The lowest BCUT2D eigenvalue weighted by Crippen LogP contribution is -2.22. The van der Waals surface area contributed by atoms with E-state index >= 15 is 0 Å². The van der Waals surface area contributed by atoms with Gasteiger partial charge in [0.2, 0.25) is 5.16 Å². The molecule has 1 unspecified atom stereocenters. The molecule has 0 aliphatic carbocycles. The Morgan fingerprint density at radius 1 is 1.40 bits per heavy atom. The molecule has 0 fully saturated rings. The molecule has 8 heteroatoms. The van der Waals surface area contributed by atoms with Crippen molar-refractivity contribution in [3.05, 3.63) is 0 Å². The second-order valence-corrected chi connectivity index (χ2v) is 5.77. The molecule has 0 aliphatic heterocycles. The summed E-state index contributed by atoms with van der Waals surface area (Å²) in [6.45, 7) is 8.93. The van der Waals surface area contributed by atoms with Crippen molar-refractivity contribution in [1.29, 1.82) is 0 Å². The Kier molecular flexibility index (Phi) is 8.75. The first-order chi connectivity index (χ1) is 9.63. The van der Waals surface area contributed by atoms with Gasteiger partial charge in [0.15, 0.2) is 0 Å². The molecule has 1 atom stereocenters. The van der Waals surface area contributed by atoms with Crippen LogP contribution in [0.2, 0.25) is 0 Å². The Labute approximate surface area is 124 Å². The van der Waals surface area contributed by atoms with E-state index in [2.05, 4.69) is 27.8 Å². The van der Waals surface area contributed by atoms with Crippen LogP contribution in [0.4, 0.5) is 0 Å². The highest BCUT2D eigenvalue weighted by molar-refractivity contribution is 7.99. The number of hydrogen-bond donors (Lipinski definition) is 2. The number of aromatic nitrogens is 4. The minimum absolute atomic E-state index is 0.129. The number of aliphatic hydroxyl groups is 1. The van der Waals surface area contributed by atoms with Crippen molar-refractivity contribution in [2.45, 2.75) is 51.1 Å². The largest absolute Gasteiger partial charge is 0.390 e. The van der Waals surface area contributed by atoms with Crippen LogP contribution in [-0.2, 0) is 11.3 Å². The van der Waals surface area contributed by atoms with Gasteiger partial charge >= 0.3 is 0 Å². The van der Waals surface area contributed by atoms with Crippen LogP contribution < -0.4 is 5.32 Å². The number of nitrogens with one attached hydrogen (secondary N) is 1. The third-order valence-electron chi connectivity index (χ3n) is 2.45. The van der Waals surface area contributed by atoms with Crippen molar-refractivity contribution >= 4 is 11.8 Å². The fourth-order valence-corrected chi connectivity index (χ4v) is 2.26. The summed E-state index contributed by atoms with van der Waals surface area (Å²) in [7, 11) is 0. The Hall–Kier alpha value is -0.700. The topological polar surface area (TPSA) is 85.1 Å². The third-order valence-corrected chi connectivity index (χ3v) is 3.56. The van der Waals surface area contributed by atoms with Crippen molar-refractivity contribution in [3.63, 3.8) is 0 Å². The van der Waals surface area contributed by atoms with Gasteiger partial charge in [-0.15, -0.1) is 5.10 Å². The van der Waals surface area contributed by atoms with Crippen molar-refractivity contribution < 1.29 is 9.84 Å². The van der Waals surface area contributed by atoms with Gasteiger partial charge in [-0.05, 0) is 37.2 Å². The monoisotopic (exact) mass is 303 g/mol. The average molecular weight is 303 g/mol. The van der Waals surface area contributed by atoms with E-state index in [1.165, 1.54) is 11.8 Å². The molecule has 0 bridgehead atoms. The molecule has 116 valence electrons. The molecule has 0 amide bonds. The third kappa shape index (κ3) is 7.18. The first kappa shape index (κ1) is 17.4. The second-order valence-electron chi connectivity index (χ2n) is 4.78. The summed E-state index contributed by atoms with van der Waals surface area (Å²) in [4.78, 5) is 0. The van der Waals surface area contributed by atoms with Crippen LogP contribution in [0.3, 0.4) is 0 Å². The van der Waals surface area contributed by atoms with Crippen LogP contribution >= 0.6 is 11.8 Å². The van der Waals surface area contributed by atoms with Crippen molar-refractivity contribution in [3.8, 4) is 0 Å². The molecule has 0 aromatic carbocycles. The highest BCUT2D eigenvalue weighted by Gasteiger charge is 2.11. The molecule has 1 rings (SSSR count). The maximum Gasteiger partial charge on any atom is 0.209 e. The van der Waals surface area contributed by atoms with Crippen LogP contribution in [0.1, 0.15) is 27.2 Å². The first-order valence-corrected chi connectivity index (χ1v) is 8.01. The quantitative estimate of drug-likeness (QED) is 0.456. The van der Waals surface area contributed by atoms with Crippen LogP contribution in [0, 0.1) is 0 Å². The normalized spacial score (nSPS) is 13.1. The van der Waals surface area contributed by atoms with Gasteiger partial charge < -0.3 is 15.2 Å². The highest BCUT2D eigenvalue weighted by atomic mass is 32.2. The zero-order chi connectivity index (χ0) is 14.8. The fourth-order valence-electron chi connectivity index (χ4n) is 1.45. The summed E-state index contributed by atoms with van der Waals surface area (Å²) < 4.78 is 7.12. The zero-order valence-electron chi connectivity index (χ0n) is 12.4. The number of tetrazole rings is 1. The van der Waals surface area contributed by atoms with Gasteiger partial charge in [-0.2, -0.15) is 0 Å². The summed E-state index contributed by atoms with van der Waals surface area (Å²) in [6.07, 6.45) is 0.731. The van der Waals surface area contributed by atoms with E-state index in [4.69, 9.17) is 4.74 Å². The maximum absolute atomic E-state index is 9.80. The predicted molar refractivity (Wildman–Crippen MR) is 78.8 cm³/mol. The Balaban J connectivity index is 2.27. The Bertz CT molecular complexity index is 361. The summed E-state index contributed by atoms with van der Waals surface area (Å²) >= 11 is 1.45. The molecule has 0 saturated heterocycles. The van der Waals surface area contributed by atoms with Crippen LogP contribution in [0.15, 0.2) is 5.16 Å². The minimum atomic E-state index is -0.509. The maximum atomic E-state index is 9.80. The second kappa shape index (κ2) is 10.1. The van der Waals surface area contributed by atoms with E-state index < -0.39 is 6.10 Å². The fraction of sp³-hybridized carbons (Fsp3) is 0.917. The summed E-state index contributed by atoms with van der Waals surface area (Å²) in [5.74, 6) is 0.523. The number of aliphatic hydroxyl groups excluding tert-OH is 1. The standard InChI is InChI=1S/C12H25N5O2S/c1-4-5-13-6-7-17-12(14-15-16-17)20-9-11(18)8-19-10(2)3/h10-11,13,18H,4-9H2,1-3H3. The molecule has 0 saturated carbocycles. The van der Waals surface area contributed by atoms with Gasteiger partial charge in [-0.25, -0.2) is 4.68 Å². The van der Waals surface area contributed by atoms with Crippen molar-refractivity contribution in [1.82, 2.24) is 25.5 Å². The molecule has 1 heterocycles. The lowest BCUT2D eigenvalue weighted by molar-refractivity contribution is 0.0152. The number of hydrogen-bond acceptors (Lipinski definition) is 7. The first-order valence-electron chi connectivity index (χ1n) is 7.02. The molecular formula is C12H25N5O2S. The van der Waals surface area contributed by atoms with Gasteiger partial charge in [0.25, 0.3) is 0 Å². The minimum Gasteiger partial charge on any atom is -0.390 e. The van der Waals surface area contributed by atoms with Crippen LogP contribution in [0.25, 0.3) is 0 Å². The number of nitrogens with zero attached hydrogens (tertiary/aromatic N) is 4. The average Bonchev–Trinajstić information content (AvgIpc) is 2.86. The molecular weight excluding hydrogens is 278 g/mol. The smallest absolute Gasteiger partial charge is 0.209 e. The van der Waals surface area contributed by atoms with Gasteiger partial charge in [-0.1, -0.05) is 18.7 Å². The zero-order valence-corrected chi connectivity index (χ0v) is 13.3. The SMILES string of the molecule is CCCNCCn1nnnc1SCC(O)COC(C)C. The molecule has 1 aromatic heterocycles. The van der Waals surface area contributed by atoms with E-state index in [0.29, 0.717) is 12.4 Å². The molecule has 20 heavy (non-hydrogen) atoms. The molecule has 7 nitrogen and oxygen atoms in total. The van der Waals surface area contributed by atoms with Gasteiger partial charge in [0.1, 0.15) is 0 Å². The number of ether oxygens (including phenoxy) is 1. The lowest BCUT2D eigenvalue weighted by atomic mass is 10.4. The number of rotatable bonds is 11. The van der Waals surface area contributed by atoms with Crippen LogP contribution in [0.5, 0.6) is 0 Å². The molecule has 0 spiro atoms. The van der Waals surface area contributed by atoms with E-state index in [1.807, 2.05) is 13.8 Å². The van der Waals surface area contributed by atoms with Crippen molar-refractivity contribution in [2.24, 2.45) is 0 Å². The number of thioether (sulfide) groups is 1. The highest BCUT2D eigenvalue weighted by Crippen LogP contribution is 2.14. The lowest BCUT2D eigenvalue weighted by Gasteiger charge is -2.12. The Morgan fingerprint density at radius 3 is 2.90 bits per heavy atom. The molecule has 2 N–H and O–H groups in total. The predicted octanol–water partition coefficient (Wildman–Crippen LogP) is 0.551. The molecule has 0 radical (unpaired) electrons. The summed E-state index contributed by atoms with van der Waals surface area (Å²) in [5, 5.41) is 25.4. The van der Waals surface area contributed by atoms with Crippen molar-refractivity contribution in [2.75, 3.05) is 25.4 Å². The Morgan fingerprint density at radius 2 is 2.20 bits per heavy atom. The summed E-state index contributed by atoms with van der Waals surface area (Å²) in [6, 6.07) is 0.